The van der Waals surface area contributed by atoms with Gasteiger partial charge in [-0.3, -0.25) is 19.6 Å². The Morgan fingerprint density at radius 2 is 2.00 bits per heavy atom. The third-order valence-corrected chi connectivity index (χ3v) is 6.86. The van der Waals surface area contributed by atoms with Crippen LogP contribution in [0.5, 0.6) is 0 Å². The average Bonchev–Trinajstić information content (AvgIpc) is 3.53. The van der Waals surface area contributed by atoms with Gasteiger partial charge >= 0.3 is 0 Å². The molecular weight excluding hydrogens is 446 g/mol. The van der Waals surface area contributed by atoms with Crippen LogP contribution in [0.3, 0.4) is 0 Å². The molecule has 0 spiro atoms. The monoisotopic (exact) mass is 475 g/mol. The van der Waals surface area contributed by atoms with Gasteiger partial charge in [-0.15, -0.1) is 0 Å². The van der Waals surface area contributed by atoms with Crippen molar-refractivity contribution in [3.63, 3.8) is 0 Å². The van der Waals surface area contributed by atoms with E-state index >= 15 is 0 Å². The van der Waals surface area contributed by atoms with Crippen molar-refractivity contribution >= 4 is 11.8 Å². The third-order valence-electron chi connectivity index (χ3n) is 6.86. The predicted octanol–water partition coefficient (Wildman–Crippen LogP) is 2.92. The second-order valence-corrected chi connectivity index (χ2v) is 9.29. The van der Waals surface area contributed by atoms with Crippen molar-refractivity contribution in [3.05, 3.63) is 54.2 Å². The van der Waals surface area contributed by atoms with Crippen molar-refractivity contribution in [2.45, 2.75) is 57.4 Å². The van der Waals surface area contributed by atoms with E-state index < -0.39 is 0 Å². The summed E-state index contributed by atoms with van der Waals surface area (Å²) in [6, 6.07) is 3.40. The zero-order valence-electron chi connectivity index (χ0n) is 19.8. The molecule has 0 bridgehead atoms. The SMILES string of the molecule is Cc1cnc(C(=O)N2CCCCCCNC(=O)[C@@H]3C[C@@H](c4nc(-c5cccnc5)no4)C[C@@H]32)cn1. The minimum atomic E-state index is -0.366. The van der Waals surface area contributed by atoms with E-state index in [9.17, 15) is 9.59 Å². The number of hydrogen-bond acceptors (Lipinski definition) is 8. The standard InChI is InChI=1S/C25H29N7O3/c1-16-13-29-20(15-28-16)25(34)32-10-5-3-2-4-9-27-23(33)19-11-18(12-21(19)32)24-30-22(31-35-24)17-7-6-8-26-14-17/h6-8,13-15,18-19,21H,2-5,9-12H2,1H3,(H,27,33)/t18-,19-,21+/m1/s1. The highest BCUT2D eigenvalue weighted by atomic mass is 16.5. The van der Waals surface area contributed by atoms with Gasteiger partial charge < -0.3 is 14.7 Å². The zero-order valence-corrected chi connectivity index (χ0v) is 19.8. The number of aryl methyl sites for hydroxylation is 1. The second kappa shape index (κ2) is 10.3. The molecule has 2 amide bonds. The Hall–Kier alpha value is -3.69. The van der Waals surface area contributed by atoms with E-state index in [1.165, 1.54) is 6.20 Å². The number of hydrogen-bond donors (Lipinski definition) is 1. The van der Waals surface area contributed by atoms with Gasteiger partial charge in [0.2, 0.25) is 17.6 Å². The van der Waals surface area contributed by atoms with Crippen LogP contribution in [0.15, 0.2) is 41.4 Å². The Morgan fingerprint density at radius 1 is 1.11 bits per heavy atom. The topological polar surface area (TPSA) is 127 Å². The highest BCUT2D eigenvalue weighted by Crippen LogP contribution is 2.41. The molecule has 35 heavy (non-hydrogen) atoms. The molecule has 2 aliphatic rings. The maximum Gasteiger partial charge on any atom is 0.274 e. The predicted molar refractivity (Wildman–Crippen MR) is 126 cm³/mol. The maximum atomic E-state index is 13.6. The molecule has 2 fully saturated rings. The summed E-state index contributed by atoms with van der Waals surface area (Å²) in [7, 11) is 0. The number of aromatic nitrogens is 5. The van der Waals surface area contributed by atoms with Crippen LogP contribution in [0.1, 0.15) is 66.5 Å². The number of nitrogens with one attached hydrogen (secondary N) is 1. The van der Waals surface area contributed by atoms with Gasteiger partial charge in [0.1, 0.15) is 5.69 Å². The summed E-state index contributed by atoms with van der Waals surface area (Å²) < 4.78 is 5.62. The third kappa shape index (κ3) is 5.06. The van der Waals surface area contributed by atoms with Gasteiger partial charge in [0, 0.05) is 49.2 Å². The second-order valence-electron chi connectivity index (χ2n) is 9.29. The Bertz CT molecular complexity index is 1170. The molecule has 1 saturated carbocycles. The fourth-order valence-corrected chi connectivity index (χ4v) is 5.03. The molecule has 1 saturated heterocycles. The molecule has 10 heteroatoms. The van der Waals surface area contributed by atoms with E-state index in [0.717, 1.165) is 36.9 Å². The lowest BCUT2D eigenvalue weighted by molar-refractivity contribution is -0.126. The van der Waals surface area contributed by atoms with Crippen LogP contribution in [0.25, 0.3) is 11.4 Å². The number of fused-ring (bicyclic) bond motifs is 1. The van der Waals surface area contributed by atoms with Crippen molar-refractivity contribution < 1.29 is 14.1 Å². The summed E-state index contributed by atoms with van der Waals surface area (Å²) in [5, 5.41) is 7.21. The van der Waals surface area contributed by atoms with Crippen LogP contribution in [0.2, 0.25) is 0 Å². The van der Waals surface area contributed by atoms with E-state index in [1.807, 2.05) is 24.0 Å². The fraction of sp³-hybridized carbons (Fsp3) is 0.480. The quantitative estimate of drug-likeness (QED) is 0.613. The van der Waals surface area contributed by atoms with Gasteiger partial charge in [0.15, 0.2) is 0 Å². The van der Waals surface area contributed by atoms with E-state index in [1.54, 1.807) is 18.6 Å². The van der Waals surface area contributed by atoms with Gasteiger partial charge in [-0.05, 0) is 44.7 Å². The summed E-state index contributed by atoms with van der Waals surface area (Å²) >= 11 is 0. The summed E-state index contributed by atoms with van der Waals surface area (Å²) in [6.07, 6.45) is 11.4. The molecule has 3 atom stereocenters. The van der Waals surface area contributed by atoms with Gasteiger partial charge in [-0.2, -0.15) is 4.98 Å². The summed E-state index contributed by atoms with van der Waals surface area (Å²) in [5.74, 6) is 0.236. The minimum Gasteiger partial charge on any atom is -0.356 e. The van der Waals surface area contributed by atoms with Crippen LogP contribution >= 0.6 is 0 Å². The van der Waals surface area contributed by atoms with Crippen molar-refractivity contribution in [1.82, 2.24) is 35.3 Å². The molecule has 182 valence electrons. The van der Waals surface area contributed by atoms with Crippen molar-refractivity contribution in [1.29, 1.82) is 0 Å². The molecule has 0 unspecified atom stereocenters. The zero-order chi connectivity index (χ0) is 24.2. The molecule has 0 radical (unpaired) electrons. The number of nitrogens with zero attached hydrogens (tertiary/aromatic N) is 6. The van der Waals surface area contributed by atoms with E-state index in [4.69, 9.17) is 4.52 Å². The lowest BCUT2D eigenvalue weighted by atomic mass is 10.00. The van der Waals surface area contributed by atoms with Crippen LogP contribution in [0, 0.1) is 12.8 Å². The molecule has 10 nitrogen and oxygen atoms in total. The number of amides is 2. The first-order valence-electron chi connectivity index (χ1n) is 12.2. The number of carbonyl (C=O) groups is 2. The minimum absolute atomic E-state index is 0.0285. The first-order valence-corrected chi connectivity index (χ1v) is 12.2. The largest absolute Gasteiger partial charge is 0.356 e. The Balaban J connectivity index is 1.44. The Labute approximate surface area is 203 Å². The highest BCUT2D eigenvalue weighted by Gasteiger charge is 2.46. The normalized spacial score (nSPS) is 23.3. The van der Waals surface area contributed by atoms with Crippen LogP contribution in [-0.4, -0.2) is 60.9 Å². The van der Waals surface area contributed by atoms with Crippen LogP contribution < -0.4 is 5.32 Å². The Kier molecular flexibility index (Phi) is 6.78. The number of rotatable bonds is 3. The number of pyridine rings is 1. The van der Waals surface area contributed by atoms with E-state index in [-0.39, 0.29) is 29.7 Å². The molecule has 1 aliphatic heterocycles. The molecule has 1 aliphatic carbocycles. The highest BCUT2D eigenvalue weighted by molar-refractivity contribution is 5.93. The lowest BCUT2D eigenvalue weighted by Crippen LogP contribution is -2.47. The summed E-state index contributed by atoms with van der Waals surface area (Å²) in [4.78, 5) is 45.9. The molecule has 5 rings (SSSR count). The molecule has 4 heterocycles. The van der Waals surface area contributed by atoms with Crippen LogP contribution in [-0.2, 0) is 4.79 Å². The first-order chi connectivity index (χ1) is 17.1. The van der Waals surface area contributed by atoms with Crippen molar-refractivity contribution in [2.24, 2.45) is 5.92 Å². The molecule has 3 aromatic heterocycles. The molecule has 3 aromatic rings. The van der Waals surface area contributed by atoms with Crippen molar-refractivity contribution in [3.8, 4) is 11.4 Å². The van der Waals surface area contributed by atoms with Crippen molar-refractivity contribution in [2.75, 3.05) is 13.1 Å². The van der Waals surface area contributed by atoms with Crippen LogP contribution in [0.4, 0.5) is 0 Å². The van der Waals surface area contributed by atoms with E-state index in [2.05, 4.69) is 30.4 Å². The van der Waals surface area contributed by atoms with Gasteiger partial charge in [-0.25, -0.2) is 4.98 Å². The molecule has 0 aromatic carbocycles. The molecular formula is C25H29N7O3. The lowest BCUT2D eigenvalue weighted by Gasteiger charge is -2.32. The Morgan fingerprint density at radius 3 is 2.80 bits per heavy atom. The first kappa shape index (κ1) is 23.1. The van der Waals surface area contributed by atoms with Gasteiger partial charge in [0.05, 0.1) is 17.8 Å². The summed E-state index contributed by atoms with van der Waals surface area (Å²) in [5.41, 5.74) is 1.81. The summed E-state index contributed by atoms with van der Waals surface area (Å²) in [6.45, 7) is 3.05. The van der Waals surface area contributed by atoms with Gasteiger partial charge in [-0.1, -0.05) is 18.0 Å². The van der Waals surface area contributed by atoms with E-state index in [0.29, 0.717) is 43.3 Å². The number of carbonyl (C=O) groups excluding carboxylic acids is 2. The molecule has 1 N–H and O–H groups in total. The fourth-order valence-electron chi connectivity index (χ4n) is 5.03. The van der Waals surface area contributed by atoms with Gasteiger partial charge in [0.25, 0.3) is 5.91 Å². The smallest absolute Gasteiger partial charge is 0.274 e. The average molecular weight is 476 g/mol. The maximum absolute atomic E-state index is 13.6.